The zero-order valence-corrected chi connectivity index (χ0v) is 24.4. The first-order valence-corrected chi connectivity index (χ1v) is 13.2. The van der Waals surface area contributed by atoms with E-state index in [2.05, 4.69) is 5.10 Å². The summed E-state index contributed by atoms with van der Waals surface area (Å²) >= 11 is 0. The van der Waals surface area contributed by atoms with Gasteiger partial charge in [-0.15, -0.1) is 5.10 Å². The predicted molar refractivity (Wildman–Crippen MR) is 141 cm³/mol. The number of phenolic OH excluding ortho intramolecular Hbond substituents is 1. The Morgan fingerprint density at radius 2 is 1.57 bits per heavy atom. The summed E-state index contributed by atoms with van der Waals surface area (Å²) in [5, 5.41) is 14.2. The van der Waals surface area contributed by atoms with Crippen molar-refractivity contribution >= 4 is 23.9 Å². The number of hydrogen-bond donors (Lipinski definition) is 1. The largest absolute Gasteiger partial charge is 0.505 e. The molecule has 1 aliphatic rings. The maximum atomic E-state index is 14.1. The summed E-state index contributed by atoms with van der Waals surface area (Å²) < 4.78 is 49.4. The molecular weight excluding hydrogens is 559 g/mol. The number of esters is 4. The van der Waals surface area contributed by atoms with Gasteiger partial charge in [0, 0.05) is 51.4 Å². The molecule has 0 amide bonds. The van der Waals surface area contributed by atoms with Crippen LogP contribution < -0.4 is 4.74 Å². The van der Waals surface area contributed by atoms with E-state index in [-0.39, 0.29) is 18.3 Å². The molecule has 13 nitrogen and oxygen atoms in total. The molecule has 1 aliphatic heterocycles. The third kappa shape index (κ3) is 7.96. The zero-order valence-electron chi connectivity index (χ0n) is 24.4. The lowest BCUT2D eigenvalue weighted by Gasteiger charge is -2.43. The summed E-state index contributed by atoms with van der Waals surface area (Å²) in [5.74, 6) is -4.24. The lowest BCUT2D eigenvalue weighted by molar-refractivity contribution is -0.289. The Hall–Kier alpha value is -4.20. The molecule has 14 heteroatoms. The average molecular weight is 595 g/mol. The molecule has 1 aromatic carbocycles. The van der Waals surface area contributed by atoms with E-state index in [9.17, 15) is 28.7 Å². The first-order chi connectivity index (χ1) is 19.7. The second kappa shape index (κ2) is 13.6. The summed E-state index contributed by atoms with van der Waals surface area (Å²) in [6.07, 6.45) is -6.77. The van der Waals surface area contributed by atoms with Gasteiger partial charge in [-0.05, 0) is 38.5 Å². The molecular formula is C28H35FN2O11. The fourth-order valence-corrected chi connectivity index (χ4v) is 4.59. The van der Waals surface area contributed by atoms with Crippen molar-refractivity contribution < 1.29 is 57.1 Å². The van der Waals surface area contributed by atoms with Gasteiger partial charge in [-0.1, -0.05) is 6.07 Å². The molecule has 0 radical (unpaired) electrons. The molecule has 0 saturated carbocycles. The second-order valence-corrected chi connectivity index (χ2v) is 10.1. The van der Waals surface area contributed by atoms with Crippen LogP contribution in [0.25, 0.3) is 0 Å². The maximum Gasteiger partial charge on any atom is 0.303 e. The Balaban J connectivity index is 2.09. The van der Waals surface area contributed by atoms with Crippen LogP contribution >= 0.6 is 0 Å². The van der Waals surface area contributed by atoms with Crippen LogP contribution in [-0.2, 0) is 49.3 Å². The minimum Gasteiger partial charge on any atom is -0.505 e. The molecule has 5 atom stereocenters. The lowest BCUT2D eigenvalue weighted by atomic mass is 9.98. The summed E-state index contributed by atoms with van der Waals surface area (Å²) in [6.45, 7) is 9.68. The number of hydrogen-bond acceptors (Lipinski definition) is 12. The van der Waals surface area contributed by atoms with Crippen molar-refractivity contribution in [2.45, 2.75) is 91.6 Å². The normalized spacial score (nSPS) is 21.9. The first-order valence-electron chi connectivity index (χ1n) is 13.2. The molecule has 2 aromatic rings. The van der Waals surface area contributed by atoms with Gasteiger partial charge in [0.05, 0.1) is 0 Å². The molecule has 3 rings (SSSR count). The van der Waals surface area contributed by atoms with E-state index in [1.807, 2.05) is 13.8 Å². The Labute approximate surface area is 241 Å². The standard InChI is InChI=1S/C28H35FN2O11/c1-13(2)31-14(3)20(10-19-8-9-22(36)21(29)11-19)27(30-31)42-28-26(40-18(7)35)25(39-17(6)34)24(38-16(5)33)23(41-28)12-37-15(4)32/h8-9,11,13,23-26,28,36H,10,12H2,1-7H3/t23-,24-,25+,26-,28+/m1/s1. The first kappa shape index (κ1) is 32.3. The minimum atomic E-state index is -1.49. The van der Waals surface area contributed by atoms with Crippen LogP contribution in [0.15, 0.2) is 18.2 Å². The predicted octanol–water partition coefficient (Wildman–Crippen LogP) is 2.67. The van der Waals surface area contributed by atoms with Gasteiger partial charge >= 0.3 is 23.9 Å². The highest BCUT2D eigenvalue weighted by molar-refractivity contribution is 5.68. The molecule has 0 spiro atoms. The van der Waals surface area contributed by atoms with Crippen LogP contribution in [0.5, 0.6) is 11.6 Å². The smallest absolute Gasteiger partial charge is 0.303 e. The molecule has 1 N–H and O–H groups in total. The lowest BCUT2D eigenvalue weighted by Crippen LogP contribution is -2.63. The fourth-order valence-electron chi connectivity index (χ4n) is 4.59. The van der Waals surface area contributed by atoms with Gasteiger partial charge in [0.25, 0.3) is 0 Å². The van der Waals surface area contributed by atoms with Crippen molar-refractivity contribution in [3.05, 3.63) is 40.8 Å². The Morgan fingerprint density at radius 3 is 2.12 bits per heavy atom. The number of rotatable bonds is 10. The van der Waals surface area contributed by atoms with Gasteiger partial charge in [0.1, 0.15) is 12.7 Å². The van der Waals surface area contributed by atoms with E-state index in [4.69, 9.17) is 28.4 Å². The van der Waals surface area contributed by atoms with Crippen LogP contribution in [0.4, 0.5) is 4.39 Å². The number of nitrogens with zero attached hydrogens (tertiary/aromatic N) is 2. The van der Waals surface area contributed by atoms with E-state index >= 15 is 0 Å². The molecule has 0 bridgehead atoms. The van der Waals surface area contributed by atoms with Gasteiger partial charge < -0.3 is 33.5 Å². The maximum absolute atomic E-state index is 14.1. The number of halogens is 1. The van der Waals surface area contributed by atoms with Gasteiger partial charge in [-0.3, -0.25) is 23.9 Å². The van der Waals surface area contributed by atoms with Crippen molar-refractivity contribution in [2.24, 2.45) is 0 Å². The number of aromatic nitrogens is 2. The molecule has 42 heavy (non-hydrogen) atoms. The van der Waals surface area contributed by atoms with Crippen LogP contribution in [0.2, 0.25) is 0 Å². The highest BCUT2D eigenvalue weighted by Crippen LogP contribution is 2.34. The number of ether oxygens (including phenoxy) is 6. The SMILES string of the molecule is CC(=O)OC[C@H]1O[C@@H](Oc2nn(C(C)C)c(C)c2Cc2ccc(O)c(F)c2)[C@H](OC(C)=O)[C@@H](OC(C)=O)[C@@H]1OC(C)=O. The Bertz CT molecular complexity index is 1330. The van der Waals surface area contributed by atoms with E-state index < -0.39 is 72.8 Å². The summed E-state index contributed by atoms with van der Waals surface area (Å²) in [4.78, 5) is 47.8. The van der Waals surface area contributed by atoms with Crippen molar-refractivity contribution in [1.82, 2.24) is 9.78 Å². The Kier molecular flexibility index (Phi) is 10.5. The summed E-state index contributed by atoms with van der Waals surface area (Å²) in [5.41, 5.74) is 1.71. The van der Waals surface area contributed by atoms with E-state index in [1.54, 1.807) is 17.7 Å². The van der Waals surface area contributed by atoms with Crippen molar-refractivity contribution in [3.63, 3.8) is 0 Å². The minimum absolute atomic E-state index is 0.0376. The third-order valence-corrected chi connectivity index (χ3v) is 6.30. The number of phenols is 1. The van der Waals surface area contributed by atoms with Gasteiger partial charge in [-0.25, -0.2) is 4.39 Å². The number of carbonyl (C=O) groups excluding carboxylic acids is 4. The summed E-state index contributed by atoms with van der Waals surface area (Å²) in [7, 11) is 0. The molecule has 0 aliphatic carbocycles. The van der Waals surface area contributed by atoms with Crippen LogP contribution in [0.1, 0.15) is 64.4 Å². The molecule has 1 fully saturated rings. The van der Waals surface area contributed by atoms with Crippen molar-refractivity contribution in [1.29, 1.82) is 0 Å². The van der Waals surface area contributed by atoms with Crippen molar-refractivity contribution in [3.8, 4) is 11.6 Å². The van der Waals surface area contributed by atoms with Gasteiger partial charge in [0.15, 0.2) is 23.8 Å². The van der Waals surface area contributed by atoms with E-state index in [0.717, 1.165) is 20.8 Å². The molecule has 1 saturated heterocycles. The van der Waals surface area contributed by atoms with Crippen LogP contribution in [-0.4, -0.2) is 76.1 Å². The number of carbonyl (C=O) groups is 4. The van der Waals surface area contributed by atoms with Crippen molar-refractivity contribution in [2.75, 3.05) is 6.61 Å². The molecule has 2 heterocycles. The topological polar surface area (TPSA) is 162 Å². The number of aromatic hydroxyl groups is 1. The van der Waals surface area contributed by atoms with Crippen LogP contribution in [0, 0.1) is 12.7 Å². The fraction of sp³-hybridized carbons (Fsp3) is 0.536. The monoisotopic (exact) mass is 594 g/mol. The summed E-state index contributed by atoms with van der Waals surface area (Å²) in [6, 6.07) is 3.84. The van der Waals surface area contributed by atoms with E-state index in [0.29, 0.717) is 16.8 Å². The second-order valence-electron chi connectivity index (χ2n) is 10.1. The van der Waals surface area contributed by atoms with Crippen LogP contribution in [0.3, 0.4) is 0 Å². The molecule has 1 aromatic heterocycles. The average Bonchev–Trinajstić information content (AvgIpc) is 3.18. The Morgan fingerprint density at radius 1 is 0.976 bits per heavy atom. The van der Waals surface area contributed by atoms with Gasteiger partial charge in [-0.2, -0.15) is 0 Å². The third-order valence-electron chi connectivity index (χ3n) is 6.30. The number of benzene rings is 1. The quantitative estimate of drug-likeness (QED) is 0.317. The molecule has 0 unspecified atom stereocenters. The zero-order chi connectivity index (χ0) is 31.3. The van der Waals surface area contributed by atoms with E-state index in [1.165, 1.54) is 19.1 Å². The van der Waals surface area contributed by atoms with Gasteiger partial charge in [0.2, 0.25) is 18.3 Å². The highest BCUT2D eigenvalue weighted by atomic mass is 19.1. The highest BCUT2D eigenvalue weighted by Gasteiger charge is 2.53. The molecule has 230 valence electrons.